The standard InChI is InChI=1S/C20H23N3O2S/c1-21-20(25)16-9-7-15(8-10-16)13-22(2)14-19(24)23-11-12-26-18-6-4-3-5-17(18)23/h3-10H,11-14H2,1-2H3,(H,21,25). The molecule has 2 amide bonds. The van der Waals surface area contributed by atoms with E-state index in [0.717, 1.165) is 23.5 Å². The first-order valence-electron chi connectivity index (χ1n) is 8.60. The Balaban J connectivity index is 1.61. The molecule has 2 aromatic rings. The highest BCUT2D eigenvalue weighted by atomic mass is 32.2. The third kappa shape index (κ3) is 4.26. The van der Waals surface area contributed by atoms with E-state index in [1.54, 1.807) is 18.8 Å². The molecule has 1 aliphatic heterocycles. The summed E-state index contributed by atoms with van der Waals surface area (Å²) in [5.41, 5.74) is 2.72. The molecule has 0 saturated carbocycles. The first-order valence-corrected chi connectivity index (χ1v) is 9.59. The van der Waals surface area contributed by atoms with E-state index in [9.17, 15) is 9.59 Å². The van der Waals surface area contributed by atoms with Gasteiger partial charge in [-0.2, -0.15) is 0 Å². The fraction of sp³-hybridized carbons (Fsp3) is 0.300. The van der Waals surface area contributed by atoms with E-state index in [2.05, 4.69) is 11.4 Å². The Bertz CT molecular complexity index is 792. The monoisotopic (exact) mass is 369 g/mol. The van der Waals surface area contributed by atoms with Gasteiger partial charge in [0, 0.05) is 36.3 Å². The number of fused-ring (bicyclic) bond motifs is 1. The number of thioether (sulfide) groups is 1. The van der Waals surface area contributed by atoms with Crippen LogP contribution in [0.2, 0.25) is 0 Å². The first kappa shape index (κ1) is 18.5. The number of hydrogen-bond acceptors (Lipinski definition) is 4. The summed E-state index contributed by atoms with van der Waals surface area (Å²) >= 11 is 1.80. The van der Waals surface area contributed by atoms with Crippen LogP contribution in [0.3, 0.4) is 0 Å². The molecular formula is C20H23N3O2S. The Labute approximate surface area is 158 Å². The largest absolute Gasteiger partial charge is 0.355 e. The lowest BCUT2D eigenvalue weighted by atomic mass is 10.1. The van der Waals surface area contributed by atoms with Crippen LogP contribution in [-0.2, 0) is 11.3 Å². The van der Waals surface area contributed by atoms with Crippen LogP contribution in [0.4, 0.5) is 5.69 Å². The van der Waals surface area contributed by atoms with Gasteiger partial charge in [0.25, 0.3) is 5.91 Å². The summed E-state index contributed by atoms with van der Waals surface area (Å²) in [5.74, 6) is 0.942. The summed E-state index contributed by atoms with van der Waals surface area (Å²) in [6.07, 6.45) is 0. The molecule has 5 nitrogen and oxygen atoms in total. The SMILES string of the molecule is CNC(=O)c1ccc(CN(C)CC(=O)N2CCSc3ccccc32)cc1. The van der Waals surface area contributed by atoms with Crippen LogP contribution in [-0.4, -0.2) is 49.7 Å². The lowest BCUT2D eigenvalue weighted by Crippen LogP contribution is -2.41. The minimum atomic E-state index is -0.0956. The number of carbonyl (C=O) groups is 2. The van der Waals surface area contributed by atoms with Gasteiger partial charge in [0.15, 0.2) is 0 Å². The molecule has 2 aromatic carbocycles. The Morgan fingerprint density at radius 1 is 1.15 bits per heavy atom. The molecule has 0 aliphatic carbocycles. The van der Waals surface area contributed by atoms with E-state index in [1.807, 2.05) is 59.3 Å². The highest BCUT2D eigenvalue weighted by Gasteiger charge is 2.23. The fourth-order valence-corrected chi connectivity index (χ4v) is 4.01. The van der Waals surface area contributed by atoms with Crippen LogP contribution in [0.25, 0.3) is 0 Å². The Morgan fingerprint density at radius 3 is 2.62 bits per heavy atom. The van der Waals surface area contributed by atoms with Gasteiger partial charge in [-0.15, -0.1) is 11.8 Å². The molecule has 1 heterocycles. The molecule has 0 radical (unpaired) electrons. The fourth-order valence-electron chi connectivity index (χ4n) is 3.02. The molecule has 0 atom stereocenters. The maximum absolute atomic E-state index is 12.8. The second kappa shape index (κ2) is 8.38. The van der Waals surface area contributed by atoms with Crippen LogP contribution in [0, 0.1) is 0 Å². The van der Waals surface area contributed by atoms with Gasteiger partial charge in [0.1, 0.15) is 0 Å². The van der Waals surface area contributed by atoms with Crippen LogP contribution < -0.4 is 10.2 Å². The summed E-state index contributed by atoms with van der Waals surface area (Å²) in [7, 11) is 3.56. The molecule has 26 heavy (non-hydrogen) atoms. The maximum Gasteiger partial charge on any atom is 0.251 e. The number of carbonyl (C=O) groups excluding carboxylic acids is 2. The van der Waals surface area contributed by atoms with Crippen molar-refractivity contribution >= 4 is 29.3 Å². The lowest BCUT2D eigenvalue weighted by molar-refractivity contribution is -0.119. The Kier molecular flexibility index (Phi) is 5.96. The van der Waals surface area contributed by atoms with Crippen LogP contribution in [0.5, 0.6) is 0 Å². The second-order valence-corrected chi connectivity index (χ2v) is 7.45. The van der Waals surface area contributed by atoms with Gasteiger partial charge < -0.3 is 10.2 Å². The van der Waals surface area contributed by atoms with Crippen LogP contribution >= 0.6 is 11.8 Å². The summed E-state index contributed by atoms with van der Waals surface area (Å²) in [6.45, 7) is 1.76. The molecule has 0 fully saturated rings. The van der Waals surface area contributed by atoms with Crippen LogP contribution in [0.1, 0.15) is 15.9 Å². The van der Waals surface area contributed by atoms with E-state index in [1.165, 1.54) is 4.90 Å². The number of likely N-dealkylation sites (N-methyl/N-ethyl adjacent to an activating group) is 1. The van der Waals surface area contributed by atoms with Crippen LogP contribution in [0.15, 0.2) is 53.4 Å². The van der Waals surface area contributed by atoms with Gasteiger partial charge in [-0.1, -0.05) is 24.3 Å². The van der Waals surface area contributed by atoms with Gasteiger partial charge in [-0.05, 0) is 36.9 Å². The predicted octanol–water partition coefficient (Wildman–Crippen LogP) is 2.62. The number of rotatable bonds is 5. The normalized spacial score (nSPS) is 13.4. The highest BCUT2D eigenvalue weighted by Crippen LogP contribution is 2.34. The van der Waals surface area contributed by atoms with Crippen molar-refractivity contribution in [3.8, 4) is 0 Å². The average molecular weight is 369 g/mol. The number of nitrogens with one attached hydrogen (secondary N) is 1. The third-order valence-corrected chi connectivity index (χ3v) is 5.37. The summed E-state index contributed by atoms with van der Waals surface area (Å²) < 4.78 is 0. The quantitative estimate of drug-likeness (QED) is 0.880. The number of anilines is 1. The summed E-state index contributed by atoms with van der Waals surface area (Å²) in [5, 5.41) is 2.61. The van der Waals surface area contributed by atoms with Gasteiger partial charge in [-0.25, -0.2) is 0 Å². The molecule has 0 bridgehead atoms. The molecule has 3 rings (SSSR count). The zero-order valence-electron chi connectivity index (χ0n) is 15.1. The lowest BCUT2D eigenvalue weighted by Gasteiger charge is -2.30. The predicted molar refractivity (Wildman–Crippen MR) is 106 cm³/mol. The Hall–Kier alpha value is -2.31. The smallest absolute Gasteiger partial charge is 0.251 e. The minimum Gasteiger partial charge on any atom is -0.355 e. The maximum atomic E-state index is 12.8. The molecule has 1 N–H and O–H groups in total. The van der Waals surface area contributed by atoms with Gasteiger partial charge in [0.05, 0.1) is 12.2 Å². The van der Waals surface area contributed by atoms with E-state index in [0.29, 0.717) is 18.7 Å². The highest BCUT2D eigenvalue weighted by molar-refractivity contribution is 7.99. The van der Waals surface area contributed by atoms with Gasteiger partial charge in [-0.3, -0.25) is 14.5 Å². The number of hydrogen-bond donors (Lipinski definition) is 1. The molecule has 0 unspecified atom stereocenters. The Morgan fingerprint density at radius 2 is 1.88 bits per heavy atom. The van der Waals surface area contributed by atoms with Crippen molar-refractivity contribution in [2.45, 2.75) is 11.4 Å². The molecule has 0 aromatic heterocycles. The minimum absolute atomic E-state index is 0.0956. The number of para-hydroxylation sites is 1. The van der Waals surface area contributed by atoms with Crippen molar-refractivity contribution in [1.29, 1.82) is 0 Å². The van der Waals surface area contributed by atoms with Crippen molar-refractivity contribution in [3.63, 3.8) is 0 Å². The van der Waals surface area contributed by atoms with Crippen molar-refractivity contribution in [1.82, 2.24) is 10.2 Å². The summed E-state index contributed by atoms with van der Waals surface area (Å²) in [6, 6.07) is 15.5. The zero-order valence-corrected chi connectivity index (χ0v) is 15.9. The van der Waals surface area contributed by atoms with E-state index < -0.39 is 0 Å². The van der Waals surface area contributed by atoms with Crippen molar-refractivity contribution in [2.24, 2.45) is 0 Å². The number of nitrogens with zero attached hydrogens (tertiary/aromatic N) is 2. The summed E-state index contributed by atoms with van der Waals surface area (Å²) in [4.78, 5) is 29.4. The topological polar surface area (TPSA) is 52.7 Å². The third-order valence-electron chi connectivity index (χ3n) is 4.33. The average Bonchev–Trinajstić information content (AvgIpc) is 2.67. The van der Waals surface area contributed by atoms with Gasteiger partial charge in [0.2, 0.25) is 5.91 Å². The molecule has 0 spiro atoms. The van der Waals surface area contributed by atoms with Crippen molar-refractivity contribution in [2.75, 3.05) is 37.8 Å². The molecule has 136 valence electrons. The molecular weight excluding hydrogens is 346 g/mol. The van der Waals surface area contributed by atoms with Crippen molar-refractivity contribution in [3.05, 3.63) is 59.7 Å². The van der Waals surface area contributed by atoms with Crippen molar-refractivity contribution < 1.29 is 9.59 Å². The van der Waals surface area contributed by atoms with Gasteiger partial charge >= 0.3 is 0 Å². The van der Waals surface area contributed by atoms with E-state index >= 15 is 0 Å². The molecule has 6 heteroatoms. The van der Waals surface area contributed by atoms with E-state index in [-0.39, 0.29) is 11.8 Å². The number of benzene rings is 2. The number of amides is 2. The molecule has 0 saturated heterocycles. The second-order valence-electron chi connectivity index (χ2n) is 6.31. The first-order chi connectivity index (χ1) is 12.6. The zero-order chi connectivity index (χ0) is 18.5. The molecule has 1 aliphatic rings. The van der Waals surface area contributed by atoms with E-state index in [4.69, 9.17) is 0 Å².